The third-order valence-electron chi connectivity index (χ3n) is 4.81. The highest BCUT2D eigenvalue weighted by atomic mass is 19.1. The third-order valence-corrected chi connectivity index (χ3v) is 4.81. The van der Waals surface area contributed by atoms with Crippen molar-refractivity contribution in [1.29, 1.82) is 0 Å². The van der Waals surface area contributed by atoms with E-state index in [-0.39, 0.29) is 12.0 Å². The minimum absolute atomic E-state index is 0.0711. The molecule has 0 saturated heterocycles. The number of carbonyl (C=O) groups is 2. The first kappa shape index (κ1) is 22.0. The number of anilines is 1. The fourth-order valence-electron chi connectivity index (χ4n) is 3.21. The minimum Gasteiger partial charge on any atom is -0.497 e. The van der Waals surface area contributed by atoms with Crippen LogP contribution in [0.1, 0.15) is 29.6 Å². The van der Waals surface area contributed by atoms with Crippen LogP contribution in [0, 0.1) is 5.82 Å². The van der Waals surface area contributed by atoms with Crippen LogP contribution in [0.25, 0.3) is 10.9 Å². The maximum absolute atomic E-state index is 13.1. The van der Waals surface area contributed by atoms with E-state index in [4.69, 9.17) is 9.94 Å². The summed E-state index contributed by atoms with van der Waals surface area (Å²) in [5.41, 5.74) is 2.04. The molecule has 1 heterocycles. The van der Waals surface area contributed by atoms with Crippen molar-refractivity contribution in [2.45, 2.75) is 25.8 Å². The number of nitrogens with zero attached hydrogens (tertiary/aromatic N) is 1. The summed E-state index contributed by atoms with van der Waals surface area (Å²) in [4.78, 5) is 37.0. The van der Waals surface area contributed by atoms with Crippen molar-refractivity contribution in [2.75, 3.05) is 12.4 Å². The summed E-state index contributed by atoms with van der Waals surface area (Å²) in [5, 5.41) is 11.5. The fourth-order valence-corrected chi connectivity index (χ4v) is 3.21. The average Bonchev–Trinajstić information content (AvgIpc) is 2.78. The number of methoxy groups -OCH3 is 1. The van der Waals surface area contributed by atoms with Gasteiger partial charge in [0.25, 0.3) is 5.91 Å². The van der Waals surface area contributed by atoms with Crippen LogP contribution in [0.15, 0.2) is 53.5 Å². The van der Waals surface area contributed by atoms with Crippen molar-refractivity contribution < 1.29 is 23.9 Å². The molecule has 2 amide bonds. The first-order valence-corrected chi connectivity index (χ1v) is 9.64. The van der Waals surface area contributed by atoms with Crippen molar-refractivity contribution in [3.8, 4) is 5.75 Å². The summed E-state index contributed by atoms with van der Waals surface area (Å²) >= 11 is 0. The standard InChI is InChI=1S/C22H22FN3O5/c1-31-16-9-10-19-17(12-16)21(28)18(13-26(19)11-3-2-4-20(27)25-30)22(29)24-15-7-5-14(23)6-8-15/h5-10,12-13,30H,2-4,11H2,1H3,(H,24,29)(H,25,27). The van der Waals surface area contributed by atoms with Gasteiger partial charge < -0.3 is 14.6 Å². The van der Waals surface area contributed by atoms with E-state index in [9.17, 15) is 18.8 Å². The molecule has 0 aliphatic carbocycles. The first-order chi connectivity index (χ1) is 14.9. The summed E-state index contributed by atoms with van der Waals surface area (Å²) in [6.07, 6.45) is 2.71. The zero-order valence-electron chi connectivity index (χ0n) is 16.9. The second-order valence-electron chi connectivity index (χ2n) is 6.90. The SMILES string of the molecule is COc1ccc2c(c1)c(=O)c(C(=O)Nc1ccc(F)cc1)cn2CCCCC(=O)NO. The van der Waals surface area contributed by atoms with Gasteiger partial charge in [0, 0.05) is 24.8 Å². The van der Waals surface area contributed by atoms with Crippen LogP contribution in [-0.4, -0.2) is 28.7 Å². The lowest BCUT2D eigenvalue weighted by molar-refractivity contribution is -0.129. The van der Waals surface area contributed by atoms with Crippen LogP contribution >= 0.6 is 0 Å². The van der Waals surface area contributed by atoms with Crippen LogP contribution < -0.4 is 21.0 Å². The lowest BCUT2D eigenvalue weighted by atomic mass is 10.1. The van der Waals surface area contributed by atoms with Crippen molar-refractivity contribution in [2.24, 2.45) is 0 Å². The topological polar surface area (TPSA) is 110 Å². The molecule has 0 unspecified atom stereocenters. The Labute approximate surface area is 177 Å². The second-order valence-corrected chi connectivity index (χ2v) is 6.90. The Morgan fingerprint density at radius 3 is 2.55 bits per heavy atom. The molecule has 0 aliphatic heterocycles. The molecule has 3 rings (SSSR count). The number of unbranched alkanes of at least 4 members (excludes halogenated alkanes) is 1. The minimum atomic E-state index is -0.616. The van der Waals surface area contributed by atoms with Crippen molar-refractivity contribution in [3.63, 3.8) is 0 Å². The number of fused-ring (bicyclic) bond motifs is 1. The van der Waals surface area contributed by atoms with Crippen LogP contribution in [0.2, 0.25) is 0 Å². The monoisotopic (exact) mass is 427 g/mol. The lowest BCUT2D eigenvalue weighted by Gasteiger charge is -2.14. The van der Waals surface area contributed by atoms with Gasteiger partial charge in [0.1, 0.15) is 17.1 Å². The summed E-state index contributed by atoms with van der Waals surface area (Å²) in [6.45, 7) is 0.443. The molecular weight excluding hydrogens is 405 g/mol. The van der Waals surface area contributed by atoms with Gasteiger partial charge in [0.05, 0.1) is 18.0 Å². The van der Waals surface area contributed by atoms with Crippen molar-refractivity contribution in [3.05, 3.63) is 70.3 Å². The number of amides is 2. The van der Waals surface area contributed by atoms with Crippen LogP contribution in [0.5, 0.6) is 5.75 Å². The summed E-state index contributed by atoms with van der Waals surface area (Å²) in [6, 6.07) is 10.3. The molecule has 2 aromatic carbocycles. The zero-order chi connectivity index (χ0) is 22.4. The predicted octanol–water partition coefficient (Wildman–Crippen LogP) is 3.08. The Kier molecular flexibility index (Phi) is 6.99. The summed E-state index contributed by atoms with van der Waals surface area (Å²) in [5.74, 6) is -1.05. The largest absolute Gasteiger partial charge is 0.497 e. The number of nitrogens with one attached hydrogen (secondary N) is 2. The number of aryl methyl sites for hydroxylation is 1. The van der Waals surface area contributed by atoms with Gasteiger partial charge in [-0.15, -0.1) is 0 Å². The molecule has 0 saturated carbocycles. The molecule has 3 aromatic rings. The molecule has 0 atom stereocenters. The number of aromatic nitrogens is 1. The van der Waals surface area contributed by atoms with E-state index in [2.05, 4.69) is 5.32 Å². The van der Waals surface area contributed by atoms with Gasteiger partial charge in [-0.3, -0.25) is 19.6 Å². The predicted molar refractivity (Wildman–Crippen MR) is 113 cm³/mol. The average molecular weight is 427 g/mol. The van der Waals surface area contributed by atoms with E-state index in [1.807, 2.05) is 0 Å². The molecule has 0 bridgehead atoms. The molecule has 0 aliphatic rings. The van der Waals surface area contributed by atoms with Gasteiger partial charge in [-0.1, -0.05) is 0 Å². The highest BCUT2D eigenvalue weighted by Gasteiger charge is 2.16. The van der Waals surface area contributed by atoms with Gasteiger partial charge in [-0.2, -0.15) is 0 Å². The molecule has 0 spiro atoms. The first-order valence-electron chi connectivity index (χ1n) is 9.64. The van der Waals surface area contributed by atoms with Crippen LogP contribution in [0.3, 0.4) is 0 Å². The number of ether oxygens (including phenoxy) is 1. The number of hydroxylamine groups is 1. The fraction of sp³-hybridized carbons (Fsp3) is 0.227. The summed E-state index contributed by atoms with van der Waals surface area (Å²) in [7, 11) is 1.48. The van der Waals surface area contributed by atoms with Crippen molar-refractivity contribution >= 4 is 28.4 Å². The van der Waals surface area contributed by atoms with Crippen LogP contribution in [0.4, 0.5) is 10.1 Å². The lowest BCUT2D eigenvalue weighted by Crippen LogP contribution is -2.24. The van der Waals surface area contributed by atoms with E-state index in [1.165, 1.54) is 37.6 Å². The highest BCUT2D eigenvalue weighted by molar-refractivity contribution is 6.05. The molecule has 162 valence electrons. The van der Waals surface area contributed by atoms with E-state index in [0.29, 0.717) is 41.7 Å². The molecular formula is C22H22FN3O5. The van der Waals surface area contributed by atoms with Gasteiger partial charge in [0.15, 0.2) is 0 Å². The van der Waals surface area contributed by atoms with Crippen LogP contribution in [-0.2, 0) is 11.3 Å². The molecule has 0 fully saturated rings. The Balaban J connectivity index is 1.94. The zero-order valence-corrected chi connectivity index (χ0v) is 16.9. The number of pyridine rings is 1. The number of hydrogen-bond donors (Lipinski definition) is 3. The van der Waals surface area contributed by atoms with Gasteiger partial charge >= 0.3 is 0 Å². The number of carbonyl (C=O) groups excluding carboxylic acids is 2. The molecule has 3 N–H and O–H groups in total. The maximum atomic E-state index is 13.1. The molecule has 1 aromatic heterocycles. The molecule has 0 radical (unpaired) electrons. The molecule has 31 heavy (non-hydrogen) atoms. The Morgan fingerprint density at radius 2 is 1.87 bits per heavy atom. The number of benzene rings is 2. The van der Waals surface area contributed by atoms with E-state index < -0.39 is 23.1 Å². The number of halogens is 1. The quantitative estimate of drug-likeness (QED) is 0.291. The normalized spacial score (nSPS) is 10.7. The Morgan fingerprint density at radius 1 is 1.13 bits per heavy atom. The van der Waals surface area contributed by atoms with E-state index in [0.717, 1.165) is 0 Å². The Bertz CT molecular complexity index is 1160. The number of rotatable bonds is 8. The van der Waals surface area contributed by atoms with E-state index >= 15 is 0 Å². The molecule has 8 nitrogen and oxygen atoms in total. The van der Waals surface area contributed by atoms with E-state index in [1.54, 1.807) is 28.2 Å². The van der Waals surface area contributed by atoms with Gasteiger partial charge in [0.2, 0.25) is 11.3 Å². The number of hydrogen-bond acceptors (Lipinski definition) is 5. The maximum Gasteiger partial charge on any atom is 0.261 e. The van der Waals surface area contributed by atoms with Gasteiger partial charge in [-0.05, 0) is 55.3 Å². The smallest absolute Gasteiger partial charge is 0.261 e. The highest BCUT2D eigenvalue weighted by Crippen LogP contribution is 2.20. The van der Waals surface area contributed by atoms with Gasteiger partial charge in [-0.25, -0.2) is 9.87 Å². The van der Waals surface area contributed by atoms with Crippen molar-refractivity contribution in [1.82, 2.24) is 10.0 Å². The molecule has 9 heteroatoms. The second kappa shape index (κ2) is 9.86. The summed E-state index contributed by atoms with van der Waals surface area (Å²) < 4.78 is 20.1. The third kappa shape index (κ3) is 5.26. The Hall–Kier alpha value is -3.72.